The Hall–Kier alpha value is -1.14. The molecule has 102 valence electrons. The highest BCUT2D eigenvalue weighted by atomic mass is 16.5. The minimum absolute atomic E-state index is 0.00366. The zero-order valence-electron chi connectivity index (χ0n) is 11.0. The van der Waals surface area contributed by atoms with E-state index in [1.165, 1.54) is 0 Å². The van der Waals surface area contributed by atoms with Crippen LogP contribution in [0.2, 0.25) is 0 Å². The predicted molar refractivity (Wildman–Crippen MR) is 66.0 cm³/mol. The van der Waals surface area contributed by atoms with Crippen molar-refractivity contribution < 1.29 is 14.3 Å². The summed E-state index contributed by atoms with van der Waals surface area (Å²) in [5.41, 5.74) is 0. The van der Waals surface area contributed by atoms with Gasteiger partial charge in [0, 0.05) is 26.2 Å². The van der Waals surface area contributed by atoms with Crippen molar-refractivity contribution >= 4 is 11.8 Å². The molecule has 2 fully saturated rings. The first-order valence-electron chi connectivity index (χ1n) is 6.48. The van der Waals surface area contributed by atoms with Gasteiger partial charge in [-0.15, -0.1) is 0 Å². The fourth-order valence-electron chi connectivity index (χ4n) is 2.46. The van der Waals surface area contributed by atoms with Gasteiger partial charge in [-0.25, -0.2) is 0 Å². The van der Waals surface area contributed by atoms with E-state index in [0.717, 1.165) is 6.54 Å². The van der Waals surface area contributed by atoms with Gasteiger partial charge < -0.3 is 19.9 Å². The van der Waals surface area contributed by atoms with Gasteiger partial charge in [0.25, 0.3) is 0 Å². The van der Waals surface area contributed by atoms with Crippen LogP contribution in [0.1, 0.15) is 13.8 Å². The Balaban J connectivity index is 1.88. The van der Waals surface area contributed by atoms with Crippen LogP contribution in [-0.4, -0.2) is 73.1 Å². The van der Waals surface area contributed by atoms with E-state index in [0.29, 0.717) is 26.2 Å². The van der Waals surface area contributed by atoms with Crippen LogP contribution in [0.5, 0.6) is 0 Å². The van der Waals surface area contributed by atoms with Crippen molar-refractivity contribution in [3.63, 3.8) is 0 Å². The van der Waals surface area contributed by atoms with Gasteiger partial charge >= 0.3 is 0 Å². The van der Waals surface area contributed by atoms with Crippen LogP contribution >= 0.6 is 0 Å². The van der Waals surface area contributed by atoms with Crippen molar-refractivity contribution in [1.82, 2.24) is 15.1 Å². The Bertz CT molecular complexity index is 325. The van der Waals surface area contributed by atoms with Crippen LogP contribution < -0.4 is 5.32 Å². The smallest absolute Gasteiger partial charge is 0.242 e. The molecule has 2 rings (SSSR count). The highest BCUT2D eigenvalue weighted by Gasteiger charge is 2.28. The lowest BCUT2D eigenvalue weighted by atomic mass is 10.2. The van der Waals surface area contributed by atoms with Crippen molar-refractivity contribution in [3.05, 3.63) is 0 Å². The quantitative estimate of drug-likeness (QED) is 0.691. The molecular weight excluding hydrogens is 234 g/mol. The van der Waals surface area contributed by atoms with Gasteiger partial charge in [-0.3, -0.25) is 9.59 Å². The Labute approximate surface area is 107 Å². The summed E-state index contributed by atoms with van der Waals surface area (Å²) in [5.74, 6) is 0.0243. The van der Waals surface area contributed by atoms with Crippen molar-refractivity contribution in [2.75, 3.05) is 39.3 Å². The number of rotatable bonds is 2. The zero-order valence-corrected chi connectivity index (χ0v) is 11.0. The first-order valence-corrected chi connectivity index (χ1v) is 6.48. The second-order valence-electron chi connectivity index (χ2n) is 5.05. The molecule has 2 atom stereocenters. The molecular formula is C12H21N3O3. The third kappa shape index (κ3) is 3.20. The Morgan fingerprint density at radius 2 is 2.06 bits per heavy atom. The van der Waals surface area contributed by atoms with E-state index in [-0.39, 0.29) is 30.6 Å². The molecule has 2 heterocycles. The molecule has 18 heavy (non-hydrogen) atoms. The number of hydrogen-bond donors (Lipinski definition) is 1. The number of nitrogens with zero attached hydrogens (tertiary/aromatic N) is 2. The van der Waals surface area contributed by atoms with Crippen molar-refractivity contribution in [2.24, 2.45) is 0 Å². The van der Waals surface area contributed by atoms with Gasteiger partial charge in [-0.2, -0.15) is 0 Å². The molecule has 0 radical (unpaired) electrons. The fourth-order valence-corrected chi connectivity index (χ4v) is 2.46. The molecule has 2 aliphatic rings. The maximum Gasteiger partial charge on any atom is 0.242 e. The van der Waals surface area contributed by atoms with Crippen LogP contribution in [0.3, 0.4) is 0 Å². The lowest BCUT2D eigenvalue weighted by Gasteiger charge is -2.37. The monoisotopic (exact) mass is 255 g/mol. The highest BCUT2D eigenvalue weighted by molar-refractivity contribution is 5.86. The zero-order chi connectivity index (χ0) is 13.1. The predicted octanol–water partition coefficient (Wildman–Crippen LogP) is -0.946. The highest BCUT2D eigenvalue weighted by Crippen LogP contribution is 2.11. The number of carbonyl (C=O) groups is 2. The van der Waals surface area contributed by atoms with Crippen molar-refractivity contribution in [1.29, 1.82) is 0 Å². The number of nitrogens with one attached hydrogen (secondary N) is 1. The van der Waals surface area contributed by atoms with E-state index >= 15 is 0 Å². The first kappa shape index (κ1) is 13.3. The molecule has 0 aromatic heterocycles. The van der Waals surface area contributed by atoms with Gasteiger partial charge in [0.15, 0.2) is 0 Å². The fraction of sp³-hybridized carbons (Fsp3) is 0.833. The molecule has 0 bridgehead atoms. The average molecular weight is 255 g/mol. The van der Waals surface area contributed by atoms with Crippen LogP contribution in [-0.2, 0) is 14.3 Å². The first-order chi connectivity index (χ1) is 8.56. The average Bonchev–Trinajstić information content (AvgIpc) is 2.31. The minimum Gasteiger partial charge on any atom is -0.372 e. The standard InChI is InChI=1S/C12H21N3O3/c1-9-6-15(7-10(2)18-9)12(17)8-14-4-3-13-5-11(14)16/h9-10,13H,3-8H2,1-2H3. The van der Waals surface area contributed by atoms with Crippen molar-refractivity contribution in [2.45, 2.75) is 26.1 Å². The summed E-state index contributed by atoms with van der Waals surface area (Å²) in [6.07, 6.45) is 0.132. The minimum atomic E-state index is 0.00366. The van der Waals surface area contributed by atoms with Gasteiger partial charge in [0.05, 0.1) is 25.3 Å². The number of carbonyl (C=O) groups excluding carboxylic acids is 2. The number of hydrogen-bond acceptors (Lipinski definition) is 4. The second-order valence-corrected chi connectivity index (χ2v) is 5.05. The summed E-state index contributed by atoms with van der Waals surface area (Å²) in [6, 6.07) is 0. The topological polar surface area (TPSA) is 61.9 Å². The summed E-state index contributed by atoms with van der Waals surface area (Å²) >= 11 is 0. The lowest BCUT2D eigenvalue weighted by Crippen LogP contribution is -2.55. The molecule has 0 spiro atoms. The van der Waals surface area contributed by atoms with Gasteiger partial charge in [0.1, 0.15) is 0 Å². The van der Waals surface area contributed by atoms with E-state index in [1.54, 1.807) is 9.80 Å². The molecule has 0 aromatic carbocycles. The van der Waals surface area contributed by atoms with E-state index in [9.17, 15) is 9.59 Å². The Morgan fingerprint density at radius 1 is 1.39 bits per heavy atom. The summed E-state index contributed by atoms with van der Waals surface area (Å²) in [5, 5.41) is 3.00. The van der Waals surface area contributed by atoms with Crippen molar-refractivity contribution in [3.8, 4) is 0 Å². The summed E-state index contributed by atoms with van der Waals surface area (Å²) in [6.45, 7) is 7.06. The number of morpholine rings is 1. The number of amides is 2. The molecule has 6 heteroatoms. The van der Waals surface area contributed by atoms with Gasteiger partial charge in [0.2, 0.25) is 11.8 Å². The molecule has 2 aliphatic heterocycles. The third-order valence-corrected chi connectivity index (χ3v) is 3.29. The molecule has 2 unspecified atom stereocenters. The molecule has 0 saturated carbocycles. The van der Waals surface area contributed by atoms with Gasteiger partial charge in [-0.1, -0.05) is 0 Å². The van der Waals surface area contributed by atoms with E-state index in [1.807, 2.05) is 13.8 Å². The van der Waals surface area contributed by atoms with Crippen LogP contribution in [0, 0.1) is 0 Å². The van der Waals surface area contributed by atoms with E-state index < -0.39 is 0 Å². The number of ether oxygens (including phenoxy) is 1. The molecule has 2 amide bonds. The molecule has 0 aliphatic carbocycles. The van der Waals surface area contributed by atoms with Gasteiger partial charge in [-0.05, 0) is 13.8 Å². The molecule has 1 N–H and O–H groups in total. The van der Waals surface area contributed by atoms with Crippen LogP contribution in [0.4, 0.5) is 0 Å². The Morgan fingerprint density at radius 3 is 2.67 bits per heavy atom. The lowest BCUT2D eigenvalue weighted by molar-refractivity contribution is -0.148. The third-order valence-electron chi connectivity index (χ3n) is 3.29. The van der Waals surface area contributed by atoms with Crippen LogP contribution in [0.15, 0.2) is 0 Å². The maximum absolute atomic E-state index is 12.2. The van der Waals surface area contributed by atoms with E-state index in [4.69, 9.17) is 4.74 Å². The molecule has 6 nitrogen and oxygen atoms in total. The number of piperazine rings is 1. The summed E-state index contributed by atoms with van der Waals surface area (Å²) < 4.78 is 5.59. The molecule has 2 saturated heterocycles. The largest absolute Gasteiger partial charge is 0.372 e. The summed E-state index contributed by atoms with van der Waals surface area (Å²) in [4.78, 5) is 27.2. The SMILES string of the molecule is CC1CN(C(=O)CN2CCNCC2=O)CC(C)O1. The maximum atomic E-state index is 12.2. The normalized spacial score (nSPS) is 29.6. The molecule has 0 aromatic rings. The van der Waals surface area contributed by atoms with Crippen LogP contribution in [0.25, 0.3) is 0 Å². The summed E-state index contributed by atoms with van der Waals surface area (Å²) in [7, 11) is 0. The second kappa shape index (κ2) is 5.67. The van der Waals surface area contributed by atoms with E-state index in [2.05, 4.69) is 5.32 Å². The Kier molecular flexibility index (Phi) is 4.19.